The van der Waals surface area contributed by atoms with Crippen molar-refractivity contribution in [2.45, 2.75) is 6.92 Å². The predicted octanol–water partition coefficient (Wildman–Crippen LogP) is 2.24. The van der Waals surface area contributed by atoms with Crippen LogP contribution in [0.4, 0.5) is 5.69 Å². The van der Waals surface area contributed by atoms with Crippen molar-refractivity contribution in [3.05, 3.63) is 64.7 Å². The van der Waals surface area contributed by atoms with Gasteiger partial charge in [-0.1, -0.05) is 36.4 Å². The summed E-state index contributed by atoms with van der Waals surface area (Å²) in [4.78, 5) is 27.0. The first-order chi connectivity index (χ1) is 10.2. The molecule has 0 fully saturated rings. The fraction of sp³-hybridized carbons (Fsp3) is 0.176. The molecular formula is C17H15NO3. The summed E-state index contributed by atoms with van der Waals surface area (Å²) in [5, 5.41) is 9.46. The highest BCUT2D eigenvalue weighted by atomic mass is 16.3. The van der Waals surface area contributed by atoms with E-state index in [0.717, 1.165) is 0 Å². The molecule has 3 rings (SSSR count). The molecule has 0 saturated heterocycles. The average molecular weight is 281 g/mol. The molecular weight excluding hydrogens is 266 g/mol. The van der Waals surface area contributed by atoms with Crippen LogP contribution in [-0.2, 0) is 0 Å². The van der Waals surface area contributed by atoms with Gasteiger partial charge in [0.1, 0.15) is 6.73 Å². The highest BCUT2D eigenvalue weighted by Gasteiger charge is 2.32. The zero-order valence-corrected chi connectivity index (χ0v) is 11.7. The quantitative estimate of drug-likeness (QED) is 0.748. The van der Waals surface area contributed by atoms with Gasteiger partial charge in [0.25, 0.3) is 0 Å². The van der Waals surface area contributed by atoms with Gasteiger partial charge in [-0.25, -0.2) is 0 Å². The first-order valence-corrected chi connectivity index (χ1v) is 6.86. The molecule has 1 N–H and O–H groups in total. The summed E-state index contributed by atoms with van der Waals surface area (Å²) in [5.74, 6) is -0.307. The van der Waals surface area contributed by atoms with Gasteiger partial charge in [-0.15, -0.1) is 0 Å². The smallest absolute Gasteiger partial charge is 0.196 e. The Hall–Kier alpha value is -2.46. The lowest BCUT2D eigenvalue weighted by Crippen LogP contribution is -2.29. The number of aliphatic hydroxyl groups excluding tert-OH is 1. The second-order valence-corrected chi connectivity index (χ2v) is 4.90. The number of anilines is 1. The highest BCUT2D eigenvalue weighted by molar-refractivity contribution is 6.30. The Morgan fingerprint density at radius 2 is 1.52 bits per heavy atom. The van der Waals surface area contributed by atoms with Crippen LogP contribution < -0.4 is 4.90 Å². The molecule has 0 radical (unpaired) electrons. The van der Waals surface area contributed by atoms with Crippen molar-refractivity contribution in [2.75, 3.05) is 18.2 Å². The topological polar surface area (TPSA) is 57.6 Å². The summed E-state index contributed by atoms with van der Waals surface area (Å²) in [6.07, 6.45) is 0. The Balaban J connectivity index is 2.26. The third-order valence-electron chi connectivity index (χ3n) is 3.82. The van der Waals surface area contributed by atoms with Crippen molar-refractivity contribution in [3.63, 3.8) is 0 Å². The Kier molecular flexibility index (Phi) is 3.31. The molecule has 0 aromatic heterocycles. The number of hydrogen-bond acceptors (Lipinski definition) is 4. The number of fused-ring (bicyclic) bond motifs is 2. The van der Waals surface area contributed by atoms with Crippen molar-refractivity contribution < 1.29 is 14.7 Å². The van der Waals surface area contributed by atoms with Crippen molar-refractivity contribution >= 4 is 17.3 Å². The summed E-state index contributed by atoms with van der Waals surface area (Å²) in [5.41, 5.74) is 2.26. The maximum absolute atomic E-state index is 12.8. The first kappa shape index (κ1) is 13.5. The Labute approximate surface area is 122 Å². The molecule has 0 saturated carbocycles. The van der Waals surface area contributed by atoms with Gasteiger partial charge in [0, 0.05) is 23.2 Å². The predicted molar refractivity (Wildman–Crippen MR) is 79.9 cm³/mol. The molecule has 0 spiro atoms. The Morgan fingerprint density at radius 1 is 0.905 bits per heavy atom. The fourth-order valence-corrected chi connectivity index (χ4v) is 2.74. The Bertz CT molecular complexity index is 733. The summed E-state index contributed by atoms with van der Waals surface area (Å²) in [6, 6.07) is 12.0. The number of carbonyl (C=O) groups excluding carboxylic acids is 2. The molecule has 4 nitrogen and oxygen atoms in total. The minimum atomic E-state index is -0.198. The van der Waals surface area contributed by atoms with Gasteiger partial charge in [-0.2, -0.15) is 0 Å². The van der Waals surface area contributed by atoms with Crippen LogP contribution in [0, 0.1) is 0 Å². The summed E-state index contributed by atoms with van der Waals surface area (Å²) in [6.45, 7) is 2.24. The number of carbonyl (C=O) groups is 2. The molecule has 0 atom stereocenters. The average Bonchev–Trinajstić information content (AvgIpc) is 2.53. The number of ketones is 2. The number of aliphatic hydroxyl groups is 1. The molecule has 0 heterocycles. The van der Waals surface area contributed by atoms with Gasteiger partial charge in [-0.05, 0) is 13.0 Å². The van der Waals surface area contributed by atoms with E-state index in [9.17, 15) is 14.7 Å². The maximum atomic E-state index is 12.8. The van der Waals surface area contributed by atoms with E-state index < -0.39 is 0 Å². The van der Waals surface area contributed by atoms with Gasteiger partial charge in [0.15, 0.2) is 11.6 Å². The van der Waals surface area contributed by atoms with E-state index in [4.69, 9.17) is 0 Å². The lowest BCUT2D eigenvalue weighted by atomic mass is 9.83. The molecule has 2 aromatic rings. The summed E-state index contributed by atoms with van der Waals surface area (Å²) in [7, 11) is 0. The SMILES string of the molecule is CCN(CO)c1cccc2c1C(=O)c1ccccc1C2=O. The minimum Gasteiger partial charge on any atom is -0.376 e. The van der Waals surface area contributed by atoms with Gasteiger partial charge in [-0.3, -0.25) is 9.59 Å². The van der Waals surface area contributed by atoms with E-state index in [1.54, 1.807) is 47.4 Å². The van der Waals surface area contributed by atoms with E-state index in [2.05, 4.69) is 0 Å². The molecule has 1 aliphatic rings. The first-order valence-electron chi connectivity index (χ1n) is 6.86. The van der Waals surface area contributed by atoms with Gasteiger partial charge >= 0.3 is 0 Å². The third kappa shape index (κ3) is 1.96. The van der Waals surface area contributed by atoms with Crippen molar-refractivity contribution in [1.82, 2.24) is 0 Å². The normalized spacial score (nSPS) is 12.9. The zero-order valence-electron chi connectivity index (χ0n) is 11.7. The van der Waals surface area contributed by atoms with Crippen LogP contribution >= 0.6 is 0 Å². The molecule has 0 bridgehead atoms. The summed E-state index contributed by atoms with van der Waals surface area (Å²) < 4.78 is 0. The molecule has 2 aromatic carbocycles. The van der Waals surface area contributed by atoms with Crippen LogP contribution in [0.5, 0.6) is 0 Å². The number of rotatable bonds is 3. The molecule has 1 aliphatic carbocycles. The van der Waals surface area contributed by atoms with E-state index in [-0.39, 0.29) is 18.3 Å². The molecule has 0 amide bonds. The van der Waals surface area contributed by atoms with Crippen LogP contribution in [0.25, 0.3) is 0 Å². The molecule has 106 valence electrons. The molecule has 4 heteroatoms. The second-order valence-electron chi connectivity index (χ2n) is 4.90. The van der Waals surface area contributed by atoms with Crippen LogP contribution in [0.15, 0.2) is 42.5 Å². The lowest BCUT2D eigenvalue weighted by molar-refractivity contribution is 0.0979. The number of hydrogen-bond donors (Lipinski definition) is 1. The third-order valence-corrected chi connectivity index (χ3v) is 3.82. The van der Waals surface area contributed by atoms with E-state index >= 15 is 0 Å². The van der Waals surface area contributed by atoms with E-state index in [0.29, 0.717) is 34.5 Å². The standard InChI is InChI=1S/C17H15NO3/c1-2-18(10-19)14-9-5-8-13-15(14)17(21)12-7-4-3-6-11(12)16(13)20/h3-9,19H,2,10H2,1H3. The molecule has 0 aliphatic heterocycles. The maximum Gasteiger partial charge on any atom is 0.196 e. The monoisotopic (exact) mass is 281 g/mol. The molecule has 21 heavy (non-hydrogen) atoms. The van der Waals surface area contributed by atoms with E-state index in [1.807, 2.05) is 6.92 Å². The van der Waals surface area contributed by atoms with Crippen LogP contribution in [0.1, 0.15) is 38.8 Å². The lowest BCUT2D eigenvalue weighted by Gasteiger charge is -2.26. The van der Waals surface area contributed by atoms with Gasteiger partial charge in [0.05, 0.1) is 11.3 Å². The van der Waals surface area contributed by atoms with Gasteiger partial charge in [0.2, 0.25) is 0 Å². The van der Waals surface area contributed by atoms with Crippen molar-refractivity contribution in [3.8, 4) is 0 Å². The zero-order chi connectivity index (χ0) is 15.0. The van der Waals surface area contributed by atoms with Crippen molar-refractivity contribution in [2.24, 2.45) is 0 Å². The molecule has 0 unspecified atom stereocenters. The van der Waals surface area contributed by atoms with E-state index in [1.165, 1.54) is 0 Å². The largest absolute Gasteiger partial charge is 0.376 e. The van der Waals surface area contributed by atoms with Crippen LogP contribution in [0.2, 0.25) is 0 Å². The number of nitrogens with zero attached hydrogens (tertiary/aromatic N) is 1. The number of benzene rings is 2. The summed E-state index contributed by atoms with van der Waals surface area (Å²) >= 11 is 0. The van der Waals surface area contributed by atoms with Gasteiger partial charge < -0.3 is 10.0 Å². The minimum absolute atomic E-state index is 0.143. The second kappa shape index (κ2) is 5.14. The Morgan fingerprint density at radius 3 is 2.14 bits per heavy atom. The van der Waals surface area contributed by atoms with Crippen LogP contribution in [-0.4, -0.2) is 29.9 Å². The fourth-order valence-electron chi connectivity index (χ4n) is 2.74. The van der Waals surface area contributed by atoms with Crippen molar-refractivity contribution in [1.29, 1.82) is 0 Å². The van der Waals surface area contributed by atoms with Crippen LogP contribution in [0.3, 0.4) is 0 Å². The highest BCUT2D eigenvalue weighted by Crippen LogP contribution is 2.33.